The largest absolute Gasteiger partial charge is 0.359 e. The highest BCUT2D eigenvalue weighted by molar-refractivity contribution is 9.11. The van der Waals surface area contributed by atoms with E-state index in [1.54, 1.807) is 0 Å². The number of aromatic amines is 1. The fraction of sp³-hybridized carbons (Fsp3) is 0. The Balaban J connectivity index is 2.24. The van der Waals surface area contributed by atoms with Gasteiger partial charge in [-0.15, -0.1) is 10.2 Å². The maximum absolute atomic E-state index is 9.00. The standard InChI is InChI=1S/C10H6Br2N6/c11-7-1-2-8(12)9(3-7)14-5-6(4-13)10-15-17-18-16-10/h1-3,5,14H,(H,15,16,17,18). The van der Waals surface area contributed by atoms with Crippen molar-refractivity contribution in [3.63, 3.8) is 0 Å². The number of hydrogen-bond donors (Lipinski definition) is 2. The van der Waals surface area contributed by atoms with Crippen LogP contribution in [0.25, 0.3) is 5.57 Å². The van der Waals surface area contributed by atoms with Crippen molar-refractivity contribution >= 4 is 43.1 Å². The Hall–Kier alpha value is -1.72. The molecule has 0 saturated carbocycles. The molecule has 1 heterocycles. The lowest BCUT2D eigenvalue weighted by Crippen LogP contribution is -1.93. The molecule has 0 fully saturated rings. The minimum absolute atomic E-state index is 0.246. The third-order valence-corrected chi connectivity index (χ3v) is 3.19. The fourth-order valence-electron chi connectivity index (χ4n) is 1.18. The molecule has 1 aromatic carbocycles. The fourth-order valence-corrected chi connectivity index (χ4v) is 1.90. The minimum atomic E-state index is 0.246. The van der Waals surface area contributed by atoms with Gasteiger partial charge in [0.25, 0.3) is 0 Å². The van der Waals surface area contributed by atoms with Crippen molar-refractivity contribution in [2.45, 2.75) is 0 Å². The van der Waals surface area contributed by atoms with E-state index in [2.05, 4.69) is 57.8 Å². The first-order valence-corrected chi connectivity index (χ1v) is 6.35. The molecule has 90 valence electrons. The highest BCUT2D eigenvalue weighted by atomic mass is 79.9. The van der Waals surface area contributed by atoms with Crippen LogP contribution in [0.4, 0.5) is 5.69 Å². The SMILES string of the molecule is N#CC(=CNc1cc(Br)ccc1Br)c1nn[nH]n1. The Morgan fingerprint density at radius 2 is 2.28 bits per heavy atom. The van der Waals surface area contributed by atoms with Crippen molar-refractivity contribution in [2.24, 2.45) is 0 Å². The average molecular weight is 370 g/mol. The van der Waals surface area contributed by atoms with E-state index in [9.17, 15) is 0 Å². The summed E-state index contributed by atoms with van der Waals surface area (Å²) < 4.78 is 1.81. The highest BCUT2D eigenvalue weighted by Gasteiger charge is 2.06. The molecule has 0 spiro atoms. The zero-order valence-corrected chi connectivity index (χ0v) is 12.0. The molecule has 1 aromatic heterocycles. The van der Waals surface area contributed by atoms with Gasteiger partial charge in [0.05, 0.1) is 5.69 Å². The Kier molecular flexibility index (Phi) is 4.07. The van der Waals surface area contributed by atoms with E-state index < -0.39 is 0 Å². The number of benzene rings is 1. The lowest BCUT2D eigenvalue weighted by molar-refractivity contribution is 0.881. The van der Waals surface area contributed by atoms with Crippen LogP contribution in [0, 0.1) is 11.3 Å². The molecule has 8 heteroatoms. The quantitative estimate of drug-likeness (QED) is 0.811. The molecule has 0 radical (unpaired) electrons. The molecule has 0 aliphatic heterocycles. The topological polar surface area (TPSA) is 90.3 Å². The number of aromatic nitrogens is 4. The Labute approximate surface area is 119 Å². The van der Waals surface area contributed by atoms with Gasteiger partial charge in [-0.3, -0.25) is 0 Å². The van der Waals surface area contributed by atoms with Crippen molar-refractivity contribution in [3.05, 3.63) is 39.2 Å². The molecule has 2 rings (SSSR count). The first kappa shape index (κ1) is 12.7. The first-order chi connectivity index (χ1) is 8.70. The number of anilines is 1. The molecule has 0 amide bonds. The second-order valence-corrected chi connectivity index (χ2v) is 4.94. The van der Waals surface area contributed by atoms with Gasteiger partial charge < -0.3 is 5.32 Å². The number of hydrogen-bond acceptors (Lipinski definition) is 5. The molecule has 0 unspecified atom stereocenters. The van der Waals surface area contributed by atoms with Crippen LogP contribution in [0.2, 0.25) is 0 Å². The molecule has 6 nitrogen and oxygen atoms in total. The van der Waals surface area contributed by atoms with Crippen molar-refractivity contribution in [3.8, 4) is 6.07 Å². The summed E-state index contributed by atoms with van der Waals surface area (Å²) >= 11 is 6.78. The lowest BCUT2D eigenvalue weighted by Gasteiger charge is -2.04. The molecule has 0 aliphatic carbocycles. The van der Waals surface area contributed by atoms with Crippen molar-refractivity contribution < 1.29 is 0 Å². The molecule has 2 aromatic rings. The van der Waals surface area contributed by atoms with E-state index in [1.807, 2.05) is 24.3 Å². The Morgan fingerprint density at radius 3 is 2.94 bits per heavy atom. The van der Waals surface area contributed by atoms with Crippen LogP contribution in [0.1, 0.15) is 5.82 Å². The minimum Gasteiger partial charge on any atom is -0.359 e. The highest BCUT2D eigenvalue weighted by Crippen LogP contribution is 2.26. The van der Waals surface area contributed by atoms with Gasteiger partial charge in [-0.1, -0.05) is 15.9 Å². The maximum atomic E-state index is 9.00. The number of nitrogens with one attached hydrogen (secondary N) is 2. The van der Waals surface area contributed by atoms with Crippen LogP contribution in [0.5, 0.6) is 0 Å². The Morgan fingerprint density at radius 1 is 1.44 bits per heavy atom. The van der Waals surface area contributed by atoms with E-state index in [1.165, 1.54) is 6.20 Å². The van der Waals surface area contributed by atoms with E-state index in [-0.39, 0.29) is 11.4 Å². The van der Waals surface area contributed by atoms with Gasteiger partial charge >= 0.3 is 0 Å². The summed E-state index contributed by atoms with van der Waals surface area (Å²) in [7, 11) is 0. The van der Waals surface area contributed by atoms with Gasteiger partial charge in [0.2, 0.25) is 5.82 Å². The van der Waals surface area contributed by atoms with Crippen LogP contribution >= 0.6 is 31.9 Å². The van der Waals surface area contributed by atoms with Crippen molar-refractivity contribution in [2.75, 3.05) is 5.32 Å². The lowest BCUT2D eigenvalue weighted by atomic mass is 10.3. The van der Waals surface area contributed by atoms with Gasteiger partial charge in [0.15, 0.2) is 0 Å². The van der Waals surface area contributed by atoms with Crippen LogP contribution in [0.15, 0.2) is 33.3 Å². The van der Waals surface area contributed by atoms with E-state index in [4.69, 9.17) is 5.26 Å². The summed E-state index contributed by atoms with van der Waals surface area (Å²) in [6.07, 6.45) is 1.53. The zero-order valence-electron chi connectivity index (χ0n) is 8.85. The van der Waals surface area contributed by atoms with Gasteiger partial charge in [-0.2, -0.15) is 10.5 Å². The monoisotopic (exact) mass is 368 g/mol. The zero-order chi connectivity index (χ0) is 13.0. The Bertz CT molecular complexity index is 614. The second kappa shape index (κ2) is 5.75. The molecule has 0 atom stereocenters. The predicted molar refractivity (Wildman–Crippen MR) is 73.2 cm³/mol. The van der Waals surface area contributed by atoms with E-state index in [0.29, 0.717) is 0 Å². The van der Waals surface area contributed by atoms with Crippen LogP contribution in [-0.2, 0) is 0 Å². The second-order valence-electron chi connectivity index (χ2n) is 3.17. The first-order valence-electron chi connectivity index (χ1n) is 4.76. The predicted octanol–water partition coefficient (Wildman–Crippen LogP) is 2.70. The van der Waals surface area contributed by atoms with Crippen LogP contribution in [-0.4, -0.2) is 20.6 Å². The number of nitriles is 1. The molecule has 2 N–H and O–H groups in total. The van der Waals surface area contributed by atoms with Gasteiger partial charge in [-0.25, -0.2) is 0 Å². The molecular formula is C10H6Br2N6. The normalized spacial score (nSPS) is 11.1. The van der Waals surface area contributed by atoms with Crippen LogP contribution in [0.3, 0.4) is 0 Å². The molecule has 18 heavy (non-hydrogen) atoms. The molecule has 0 aliphatic rings. The number of tetrazole rings is 1. The van der Waals surface area contributed by atoms with Gasteiger partial charge in [0.1, 0.15) is 11.6 Å². The molecule has 0 saturated heterocycles. The number of halogens is 2. The summed E-state index contributed by atoms with van der Waals surface area (Å²) in [5, 5.41) is 25.2. The smallest absolute Gasteiger partial charge is 0.216 e. The number of H-pyrrole nitrogens is 1. The number of nitrogens with zero attached hydrogens (tertiary/aromatic N) is 4. The summed E-state index contributed by atoms with van der Waals surface area (Å²) in [5.41, 5.74) is 1.11. The summed E-state index contributed by atoms with van der Waals surface area (Å²) in [6.45, 7) is 0. The maximum Gasteiger partial charge on any atom is 0.216 e. The van der Waals surface area contributed by atoms with Crippen molar-refractivity contribution in [1.82, 2.24) is 20.6 Å². The molecular weight excluding hydrogens is 364 g/mol. The third kappa shape index (κ3) is 2.94. The van der Waals surface area contributed by atoms with Gasteiger partial charge in [-0.05, 0) is 39.3 Å². The molecule has 0 bridgehead atoms. The van der Waals surface area contributed by atoms with E-state index >= 15 is 0 Å². The third-order valence-electron chi connectivity index (χ3n) is 2.01. The number of rotatable bonds is 3. The summed E-state index contributed by atoms with van der Waals surface area (Å²) in [4.78, 5) is 0. The van der Waals surface area contributed by atoms with Gasteiger partial charge in [0, 0.05) is 15.1 Å². The van der Waals surface area contributed by atoms with E-state index in [0.717, 1.165) is 14.6 Å². The summed E-state index contributed by atoms with van der Waals surface area (Å²) in [5.74, 6) is 0.246. The average Bonchev–Trinajstić information content (AvgIpc) is 2.88. The number of allylic oxidation sites excluding steroid dienone is 1. The van der Waals surface area contributed by atoms with Crippen LogP contribution < -0.4 is 5.32 Å². The summed E-state index contributed by atoms with van der Waals surface area (Å²) in [6, 6.07) is 7.67. The van der Waals surface area contributed by atoms with Crippen molar-refractivity contribution in [1.29, 1.82) is 5.26 Å².